The largest absolute Gasteiger partial charge is 0.426 e. The minimum Gasteiger partial charge on any atom is -0.342 e. The van der Waals surface area contributed by atoms with Gasteiger partial charge in [-0.15, -0.1) is 11.3 Å². The molecule has 0 bridgehead atoms. The van der Waals surface area contributed by atoms with E-state index in [9.17, 15) is 13.2 Å². The fourth-order valence-corrected chi connectivity index (χ4v) is 2.80. The Kier molecular flexibility index (Phi) is 3.06. The highest BCUT2D eigenvalue weighted by atomic mass is 32.1. The first-order valence-electron chi connectivity index (χ1n) is 5.59. The number of benzene rings is 1. The van der Waals surface area contributed by atoms with E-state index < -0.39 is 11.1 Å². The molecule has 20 heavy (non-hydrogen) atoms. The summed E-state index contributed by atoms with van der Waals surface area (Å²) < 4.78 is 44.0. The quantitative estimate of drug-likeness (QED) is 0.699. The van der Waals surface area contributed by atoms with Crippen molar-refractivity contribution in [1.29, 1.82) is 0 Å². The molecule has 0 saturated carbocycles. The van der Waals surface area contributed by atoms with Crippen LogP contribution in [0.4, 0.5) is 13.2 Å². The molecule has 1 aromatic carbocycles. The maximum atomic E-state index is 13.1. The summed E-state index contributed by atoms with van der Waals surface area (Å²) in [6.07, 6.45) is -3.33. The first-order valence-corrected chi connectivity index (χ1v) is 6.40. The Balaban J connectivity index is 2.18. The summed E-state index contributed by atoms with van der Waals surface area (Å²) in [6.45, 7) is 0. The smallest absolute Gasteiger partial charge is 0.342 e. The van der Waals surface area contributed by atoms with Crippen LogP contribution in [0.5, 0.6) is 0 Å². The molecule has 3 aromatic rings. The molecule has 3 nitrogen and oxygen atoms in total. The number of rotatable bonds is 2. The van der Waals surface area contributed by atoms with Gasteiger partial charge in [0, 0.05) is 5.56 Å². The summed E-state index contributed by atoms with van der Waals surface area (Å²) in [7, 11) is 0. The lowest BCUT2D eigenvalue weighted by atomic mass is 10.1. The molecule has 0 N–H and O–H groups in total. The summed E-state index contributed by atoms with van der Waals surface area (Å²) in [5, 5.41) is 3.57. The molecule has 0 aliphatic rings. The van der Waals surface area contributed by atoms with Gasteiger partial charge in [0.1, 0.15) is 4.88 Å². The van der Waals surface area contributed by atoms with Crippen LogP contribution in [0.1, 0.15) is 4.88 Å². The van der Waals surface area contributed by atoms with Gasteiger partial charge >= 0.3 is 6.18 Å². The minimum atomic E-state index is -4.42. The molecule has 0 radical (unpaired) electrons. The lowest BCUT2D eigenvalue weighted by Crippen LogP contribution is -2.03. The molecule has 0 unspecified atom stereocenters. The molecule has 0 aliphatic heterocycles. The minimum absolute atomic E-state index is 0.128. The topological polar surface area (TPSA) is 38.9 Å². The van der Waals surface area contributed by atoms with Crippen molar-refractivity contribution in [3.05, 3.63) is 47.7 Å². The van der Waals surface area contributed by atoms with Gasteiger partial charge in [0.05, 0.1) is 4.88 Å². The molecular formula is C13H7F3N2OS. The van der Waals surface area contributed by atoms with Crippen LogP contribution >= 0.6 is 11.3 Å². The first-order chi connectivity index (χ1) is 9.55. The number of hydrogen-bond acceptors (Lipinski definition) is 4. The van der Waals surface area contributed by atoms with Crippen molar-refractivity contribution < 1.29 is 17.7 Å². The van der Waals surface area contributed by atoms with Crippen LogP contribution in [0.15, 0.2) is 47.3 Å². The number of aromatic nitrogens is 2. The van der Waals surface area contributed by atoms with Crippen LogP contribution in [0.2, 0.25) is 0 Å². The van der Waals surface area contributed by atoms with Gasteiger partial charge in [-0.25, -0.2) is 0 Å². The van der Waals surface area contributed by atoms with Crippen molar-refractivity contribution in [2.45, 2.75) is 6.18 Å². The fraction of sp³-hybridized carbons (Fsp3) is 0.0769. The summed E-state index contributed by atoms with van der Waals surface area (Å²) in [5.41, 5.74) is 0.633. The predicted molar refractivity (Wildman–Crippen MR) is 68.0 cm³/mol. The van der Waals surface area contributed by atoms with Gasteiger partial charge in [0.2, 0.25) is 12.2 Å². The number of nitrogens with zero attached hydrogens (tertiary/aromatic N) is 2. The monoisotopic (exact) mass is 296 g/mol. The Morgan fingerprint density at radius 3 is 2.45 bits per heavy atom. The number of halogens is 3. The zero-order valence-electron chi connectivity index (χ0n) is 9.89. The summed E-state index contributed by atoms with van der Waals surface area (Å²) in [6, 6.07) is 9.86. The number of alkyl halides is 3. The third-order valence-electron chi connectivity index (χ3n) is 2.66. The average molecular weight is 296 g/mol. The third-order valence-corrected chi connectivity index (χ3v) is 3.83. The molecule has 0 atom stereocenters. The second-order valence-electron chi connectivity index (χ2n) is 3.97. The molecule has 0 fully saturated rings. The van der Waals surface area contributed by atoms with Crippen LogP contribution in [0.3, 0.4) is 0 Å². The van der Waals surface area contributed by atoms with Gasteiger partial charge in [0.25, 0.3) is 0 Å². The van der Waals surface area contributed by atoms with Crippen LogP contribution in [-0.2, 0) is 6.18 Å². The molecule has 0 saturated heterocycles. The van der Waals surface area contributed by atoms with Crippen LogP contribution < -0.4 is 0 Å². The van der Waals surface area contributed by atoms with Gasteiger partial charge in [-0.2, -0.15) is 18.2 Å². The van der Waals surface area contributed by atoms with Crippen molar-refractivity contribution >= 4 is 11.3 Å². The SMILES string of the molecule is FC(F)(F)c1sc(-c2ncon2)cc1-c1ccccc1. The van der Waals surface area contributed by atoms with E-state index in [0.29, 0.717) is 21.8 Å². The number of thiophene rings is 1. The lowest BCUT2D eigenvalue weighted by Gasteiger charge is -2.07. The standard InChI is InChI=1S/C13H7F3N2OS/c14-13(15,16)11-9(8-4-2-1-3-5-8)6-10(20-11)12-17-7-19-18-12/h1-7H. The van der Waals surface area contributed by atoms with Crippen LogP contribution in [-0.4, -0.2) is 10.1 Å². The molecular weight excluding hydrogens is 289 g/mol. The van der Waals surface area contributed by atoms with Gasteiger partial charge in [-0.05, 0) is 11.6 Å². The second kappa shape index (κ2) is 4.75. The Morgan fingerprint density at radius 2 is 1.85 bits per heavy atom. The Morgan fingerprint density at radius 1 is 1.10 bits per heavy atom. The molecule has 102 valence electrons. The summed E-state index contributed by atoms with van der Waals surface area (Å²) in [5.74, 6) is 0.155. The van der Waals surface area contributed by atoms with E-state index in [0.717, 1.165) is 6.39 Å². The van der Waals surface area contributed by atoms with Gasteiger partial charge in [-0.3, -0.25) is 0 Å². The molecule has 0 spiro atoms. The highest BCUT2D eigenvalue weighted by Crippen LogP contribution is 2.44. The third kappa shape index (κ3) is 2.32. The van der Waals surface area contributed by atoms with E-state index in [1.165, 1.54) is 6.07 Å². The normalized spacial score (nSPS) is 11.8. The number of hydrogen-bond donors (Lipinski definition) is 0. The van der Waals surface area contributed by atoms with Crippen LogP contribution in [0.25, 0.3) is 21.8 Å². The molecule has 7 heteroatoms. The van der Waals surface area contributed by atoms with Crippen molar-refractivity contribution in [2.24, 2.45) is 0 Å². The predicted octanol–water partition coefficient (Wildman–Crippen LogP) is 4.48. The summed E-state index contributed by atoms with van der Waals surface area (Å²) >= 11 is 0.609. The van der Waals surface area contributed by atoms with Crippen molar-refractivity contribution in [2.75, 3.05) is 0 Å². The Labute approximate surface area is 115 Å². The molecule has 0 amide bonds. The lowest BCUT2D eigenvalue weighted by molar-refractivity contribution is -0.133. The van der Waals surface area contributed by atoms with Crippen LogP contribution in [0, 0.1) is 0 Å². The van der Waals surface area contributed by atoms with E-state index in [-0.39, 0.29) is 11.4 Å². The second-order valence-corrected chi connectivity index (χ2v) is 5.02. The van der Waals surface area contributed by atoms with E-state index in [2.05, 4.69) is 14.7 Å². The maximum Gasteiger partial charge on any atom is 0.426 e. The van der Waals surface area contributed by atoms with Crippen molar-refractivity contribution in [1.82, 2.24) is 10.1 Å². The fourth-order valence-electron chi connectivity index (χ4n) is 1.82. The molecule has 3 rings (SSSR count). The molecule has 2 heterocycles. The molecule has 2 aromatic heterocycles. The van der Waals surface area contributed by atoms with E-state index in [1.807, 2.05) is 0 Å². The van der Waals surface area contributed by atoms with E-state index in [4.69, 9.17) is 0 Å². The van der Waals surface area contributed by atoms with Gasteiger partial charge in [-0.1, -0.05) is 35.5 Å². The van der Waals surface area contributed by atoms with Crippen molar-refractivity contribution in [3.8, 4) is 21.8 Å². The highest BCUT2D eigenvalue weighted by molar-refractivity contribution is 7.16. The zero-order chi connectivity index (χ0) is 14.2. The molecule has 0 aliphatic carbocycles. The van der Waals surface area contributed by atoms with Gasteiger partial charge in [0.15, 0.2) is 0 Å². The Hall–Kier alpha value is -2.15. The Bertz CT molecular complexity index is 705. The van der Waals surface area contributed by atoms with E-state index in [1.54, 1.807) is 30.3 Å². The maximum absolute atomic E-state index is 13.1. The summed E-state index contributed by atoms with van der Waals surface area (Å²) in [4.78, 5) is 3.44. The first kappa shape index (κ1) is 12.9. The zero-order valence-corrected chi connectivity index (χ0v) is 10.7. The van der Waals surface area contributed by atoms with Crippen molar-refractivity contribution in [3.63, 3.8) is 0 Å². The van der Waals surface area contributed by atoms with E-state index >= 15 is 0 Å². The van der Waals surface area contributed by atoms with Gasteiger partial charge < -0.3 is 4.52 Å². The average Bonchev–Trinajstić information content (AvgIpc) is 3.08. The highest BCUT2D eigenvalue weighted by Gasteiger charge is 2.36.